The van der Waals surface area contributed by atoms with Crippen LogP contribution < -0.4 is 19.9 Å². The van der Waals surface area contributed by atoms with Crippen molar-refractivity contribution in [1.29, 1.82) is 0 Å². The Morgan fingerprint density at radius 2 is 1.60 bits per heavy atom. The normalized spacial score (nSPS) is 11.8. The van der Waals surface area contributed by atoms with Gasteiger partial charge in [0.15, 0.2) is 11.5 Å². The molecule has 5 rings (SSSR count). The Bertz CT molecular complexity index is 2260. The van der Waals surface area contributed by atoms with E-state index in [1.807, 2.05) is 0 Å². The largest absolute Gasteiger partial charge is 0.467 e. The van der Waals surface area contributed by atoms with E-state index in [2.05, 4.69) is 24.9 Å². The molecule has 0 aliphatic carbocycles. The molecule has 47 heavy (non-hydrogen) atoms. The third-order valence-electron chi connectivity index (χ3n) is 5.63. The maximum atomic E-state index is 13.7. The van der Waals surface area contributed by atoms with Crippen LogP contribution in [0.4, 0.5) is 33.3 Å². The van der Waals surface area contributed by atoms with Crippen LogP contribution in [0, 0.1) is 24.4 Å². The summed E-state index contributed by atoms with van der Waals surface area (Å²) in [5.74, 6) is -3.45. The number of benzene rings is 2. The minimum absolute atomic E-state index is 0.0257. The van der Waals surface area contributed by atoms with Crippen LogP contribution in [0.2, 0.25) is 10.0 Å². The first-order valence-corrected chi connectivity index (χ1v) is 16.3. The monoisotopic (exact) mass is 745 g/mol. The van der Waals surface area contributed by atoms with E-state index in [4.69, 9.17) is 27.9 Å². The Morgan fingerprint density at radius 1 is 0.957 bits per heavy atom. The molecule has 0 amide bonds. The third kappa shape index (κ3) is 7.55. The molecule has 0 atom stereocenters. The number of hydrogen-bond donors (Lipinski definition) is 2. The van der Waals surface area contributed by atoms with Gasteiger partial charge in [-0.3, -0.25) is 9.44 Å². The fraction of sp³-hybridized carbons (Fsp3) is 0.174. The average Bonchev–Trinajstić information content (AvgIpc) is 3.55. The first kappa shape index (κ1) is 35.3. The lowest BCUT2D eigenvalue weighted by atomic mass is 10.3. The zero-order valence-electron chi connectivity index (χ0n) is 23.6. The van der Waals surface area contributed by atoms with Gasteiger partial charge >= 0.3 is 18.2 Å². The predicted octanol–water partition coefficient (Wildman–Crippen LogP) is 3.77. The van der Waals surface area contributed by atoms with Gasteiger partial charge in [0.2, 0.25) is 10.0 Å². The van der Waals surface area contributed by atoms with Crippen LogP contribution in [0.25, 0.3) is 11.3 Å². The summed E-state index contributed by atoms with van der Waals surface area (Å²) in [5, 5.41) is 6.27. The molecule has 5 aromatic rings. The molecule has 0 fully saturated rings. The van der Waals surface area contributed by atoms with Gasteiger partial charge in [0.05, 0.1) is 41.0 Å². The summed E-state index contributed by atoms with van der Waals surface area (Å²) in [7, 11) is -7.02. The van der Waals surface area contributed by atoms with Crippen LogP contribution >= 0.6 is 23.2 Å². The number of fused-ring (bicyclic) bond motifs is 1. The summed E-state index contributed by atoms with van der Waals surface area (Å²) in [6.07, 6.45) is 1.67. The van der Waals surface area contributed by atoms with Crippen molar-refractivity contribution >= 4 is 60.3 Å². The smallest absolute Gasteiger partial charge is 0.355 e. The number of anilines is 2. The fourth-order valence-electron chi connectivity index (χ4n) is 3.67. The molecular formula is C23H18Cl2F5N9O6S2. The lowest BCUT2D eigenvalue weighted by Crippen LogP contribution is -2.25. The van der Waals surface area contributed by atoms with Gasteiger partial charge in [-0.05, 0) is 31.2 Å². The van der Waals surface area contributed by atoms with Crippen molar-refractivity contribution in [3.63, 3.8) is 0 Å². The summed E-state index contributed by atoms with van der Waals surface area (Å²) in [5.41, 5.74) is -2.65. The Morgan fingerprint density at radius 3 is 2.15 bits per heavy atom. The predicted molar refractivity (Wildman–Crippen MR) is 157 cm³/mol. The molecule has 0 radical (unpaired) electrons. The van der Waals surface area contributed by atoms with Crippen molar-refractivity contribution in [2.75, 3.05) is 22.8 Å². The van der Waals surface area contributed by atoms with Crippen molar-refractivity contribution in [3.05, 3.63) is 80.3 Å². The van der Waals surface area contributed by atoms with E-state index >= 15 is 0 Å². The second-order valence-corrected chi connectivity index (χ2v) is 13.1. The first-order valence-electron chi connectivity index (χ1n) is 12.2. The van der Waals surface area contributed by atoms with Crippen molar-refractivity contribution < 1.29 is 43.5 Å². The highest BCUT2D eigenvalue weighted by Gasteiger charge is 2.26. The molecule has 3 aromatic heterocycles. The van der Waals surface area contributed by atoms with E-state index in [-0.39, 0.29) is 37.8 Å². The highest BCUT2D eigenvalue weighted by molar-refractivity contribution is 7.92. The molecule has 0 saturated heterocycles. The van der Waals surface area contributed by atoms with E-state index in [1.165, 1.54) is 20.1 Å². The molecule has 0 aliphatic heterocycles. The van der Waals surface area contributed by atoms with Gasteiger partial charge in [0.1, 0.15) is 23.1 Å². The SMILES string of the molecule is COc1ncc(F)c2nc(S(=O)(=O)Nc3c(F)cccc3F)nn12.Cc1nn(-c2cc(NS(C)(=O)=O)c(Cl)cc2Cl)c(=O)n1C(F)F. The molecule has 0 spiro atoms. The molecule has 0 aliphatic rings. The van der Waals surface area contributed by atoms with Crippen LogP contribution in [0.15, 0.2) is 46.5 Å². The number of aromatic nitrogens is 7. The number of rotatable bonds is 8. The van der Waals surface area contributed by atoms with Crippen molar-refractivity contribution in [2.24, 2.45) is 0 Å². The molecule has 0 saturated carbocycles. The average molecular weight is 746 g/mol. The van der Waals surface area contributed by atoms with Crippen LogP contribution in [0.3, 0.4) is 0 Å². The lowest BCUT2D eigenvalue weighted by molar-refractivity contribution is 0.0640. The summed E-state index contributed by atoms with van der Waals surface area (Å²) in [4.78, 5) is 19.1. The minimum atomic E-state index is -4.58. The summed E-state index contributed by atoms with van der Waals surface area (Å²) in [6, 6.07) is 4.88. The molecule has 2 N–H and O–H groups in total. The minimum Gasteiger partial charge on any atom is -0.467 e. The fourth-order valence-corrected chi connectivity index (χ4v) is 5.76. The number of hydrogen-bond acceptors (Lipinski definition) is 10. The van der Waals surface area contributed by atoms with E-state index in [0.29, 0.717) is 9.20 Å². The highest BCUT2D eigenvalue weighted by atomic mass is 35.5. The topological polar surface area (TPSA) is 184 Å². The molecule has 15 nitrogen and oxygen atoms in total. The quantitative estimate of drug-likeness (QED) is 0.222. The first-order chi connectivity index (χ1) is 21.8. The van der Waals surface area contributed by atoms with E-state index in [0.717, 1.165) is 36.7 Å². The summed E-state index contributed by atoms with van der Waals surface area (Å²) in [6.45, 7) is -1.85. The Kier molecular flexibility index (Phi) is 9.99. The van der Waals surface area contributed by atoms with E-state index in [9.17, 15) is 43.6 Å². The number of aryl methyl sites for hydroxylation is 1. The number of halogens is 7. The second-order valence-electron chi connectivity index (χ2n) is 8.97. The highest BCUT2D eigenvalue weighted by Crippen LogP contribution is 2.31. The van der Waals surface area contributed by atoms with Gasteiger partial charge in [-0.25, -0.2) is 35.9 Å². The van der Waals surface area contributed by atoms with Crippen molar-refractivity contribution in [1.82, 2.24) is 33.9 Å². The second kappa shape index (κ2) is 13.3. The number of nitrogens with zero attached hydrogens (tertiary/aromatic N) is 7. The number of para-hydroxylation sites is 1. The van der Waals surface area contributed by atoms with Crippen molar-refractivity contribution in [2.45, 2.75) is 18.6 Å². The van der Waals surface area contributed by atoms with Gasteiger partial charge < -0.3 is 4.74 Å². The third-order valence-corrected chi connectivity index (χ3v) is 7.96. The Labute approximate surface area is 270 Å². The van der Waals surface area contributed by atoms with Gasteiger partial charge in [0, 0.05) is 0 Å². The number of ether oxygens (including phenoxy) is 1. The van der Waals surface area contributed by atoms with Crippen LogP contribution in [0.5, 0.6) is 6.01 Å². The molecule has 0 unspecified atom stereocenters. The lowest BCUT2D eigenvalue weighted by Gasteiger charge is -2.10. The van der Waals surface area contributed by atoms with Gasteiger partial charge in [-0.2, -0.15) is 31.4 Å². The van der Waals surface area contributed by atoms with Gasteiger partial charge in [-0.1, -0.05) is 29.3 Å². The van der Waals surface area contributed by atoms with Gasteiger partial charge in [0.25, 0.3) is 15.2 Å². The summed E-state index contributed by atoms with van der Waals surface area (Å²) < 4.78 is 124. The van der Waals surface area contributed by atoms with Crippen LogP contribution in [0.1, 0.15) is 12.4 Å². The Hall–Kier alpha value is -4.54. The number of methoxy groups -OCH3 is 1. The van der Waals surface area contributed by atoms with Crippen molar-refractivity contribution in [3.8, 4) is 11.7 Å². The molecule has 24 heteroatoms. The maximum absolute atomic E-state index is 13.7. The van der Waals surface area contributed by atoms with E-state index < -0.39 is 66.2 Å². The van der Waals surface area contributed by atoms with E-state index in [1.54, 1.807) is 4.72 Å². The molecular weight excluding hydrogens is 728 g/mol. The van der Waals surface area contributed by atoms with Crippen LogP contribution in [-0.2, 0) is 20.0 Å². The maximum Gasteiger partial charge on any atom is 0.355 e. The van der Waals surface area contributed by atoms with Crippen LogP contribution in [-0.4, -0.2) is 64.1 Å². The number of sulfonamides is 2. The molecule has 3 heterocycles. The van der Waals surface area contributed by atoms with Gasteiger partial charge in [-0.15, -0.1) is 10.2 Å². The Balaban J connectivity index is 0.000000213. The summed E-state index contributed by atoms with van der Waals surface area (Å²) >= 11 is 11.8. The molecule has 2 aromatic carbocycles. The molecule has 0 bridgehead atoms. The number of alkyl halides is 2. The molecule has 252 valence electrons. The number of nitrogens with one attached hydrogen (secondary N) is 2. The zero-order chi connectivity index (χ0) is 35.0. The zero-order valence-corrected chi connectivity index (χ0v) is 26.7. The standard InChI is InChI=1S/C12H8F3N5O3S.C11H10Cl2F2N4O3S/c1-23-12-16-5-8(15)10-17-11(18-20(10)12)24(21,22)19-9-6(13)3-2-4-7(9)14;1-5-16-19(11(20)18(5)10(14)15)9-4-8(17-23(2,21)22)6(12)3-7(9)13/h2-5,19H,1H3;3-4,10,17H,1-2H3.